The van der Waals surface area contributed by atoms with Gasteiger partial charge in [0.25, 0.3) is 0 Å². The smallest absolute Gasteiger partial charge is 0.0991 e. The molecule has 0 radical (unpaired) electrons. The van der Waals surface area contributed by atoms with Crippen LogP contribution in [0.25, 0.3) is 5.69 Å². The van der Waals surface area contributed by atoms with E-state index in [0.717, 1.165) is 18.8 Å². The Morgan fingerprint density at radius 3 is 2.58 bits per heavy atom. The fourth-order valence-electron chi connectivity index (χ4n) is 1.80. The molecule has 102 valence electrons. The maximum atomic E-state index is 9.18. The van der Waals surface area contributed by atoms with Crippen LogP contribution in [0.2, 0.25) is 0 Å². The molecule has 4 nitrogen and oxygen atoms in total. The van der Waals surface area contributed by atoms with Crippen LogP contribution in [0.1, 0.15) is 19.4 Å². The van der Waals surface area contributed by atoms with Gasteiger partial charge in [-0.1, -0.05) is 26.0 Å². The molecule has 0 saturated heterocycles. The number of imidazole rings is 1. The van der Waals surface area contributed by atoms with Crippen molar-refractivity contribution in [2.45, 2.75) is 20.4 Å². The molecule has 0 amide bonds. The zero-order chi connectivity index (χ0) is 13.7. The topological polar surface area (TPSA) is 50.1 Å². The van der Waals surface area contributed by atoms with Crippen molar-refractivity contribution in [3.8, 4) is 5.69 Å². The molecular formula is C15H21N3O. The standard InChI is InChI=1S/C15H21N3O/c1-15(2,11-19)10-17-9-13-3-5-14(6-4-13)18-8-7-16-12-18/h3-8,12,17,19H,9-11H2,1-2H3. The predicted molar refractivity (Wildman–Crippen MR) is 76.1 cm³/mol. The van der Waals surface area contributed by atoms with Crippen LogP contribution in [0.3, 0.4) is 0 Å². The summed E-state index contributed by atoms with van der Waals surface area (Å²) in [6, 6.07) is 8.37. The summed E-state index contributed by atoms with van der Waals surface area (Å²) in [6.45, 7) is 5.89. The molecule has 0 unspecified atom stereocenters. The zero-order valence-electron chi connectivity index (χ0n) is 11.5. The lowest BCUT2D eigenvalue weighted by Gasteiger charge is -2.21. The molecule has 2 N–H and O–H groups in total. The molecule has 0 aliphatic heterocycles. The maximum Gasteiger partial charge on any atom is 0.0991 e. The third-order valence-electron chi connectivity index (χ3n) is 3.10. The Morgan fingerprint density at radius 2 is 2.00 bits per heavy atom. The molecule has 0 bridgehead atoms. The van der Waals surface area contributed by atoms with E-state index in [0.29, 0.717) is 0 Å². The molecule has 0 fully saturated rings. The molecule has 1 heterocycles. The minimum absolute atomic E-state index is 0.0727. The number of benzene rings is 1. The van der Waals surface area contributed by atoms with Crippen molar-refractivity contribution in [3.05, 3.63) is 48.5 Å². The summed E-state index contributed by atoms with van der Waals surface area (Å²) in [5.41, 5.74) is 2.27. The number of hydrogen-bond acceptors (Lipinski definition) is 3. The normalized spacial score (nSPS) is 11.7. The molecule has 1 aromatic carbocycles. The molecule has 0 spiro atoms. The molecule has 0 saturated carbocycles. The molecule has 0 atom stereocenters. The highest BCUT2D eigenvalue weighted by Crippen LogP contribution is 2.12. The molecule has 4 heteroatoms. The number of nitrogens with zero attached hydrogens (tertiary/aromatic N) is 2. The van der Waals surface area contributed by atoms with Crippen molar-refractivity contribution < 1.29 is 5.11 Å². The van der Waals surface area contributed by atoms with E-state index in [2.05, 4.69) is 34.6 Å². The van der Waals surface area contributed by atoms with Gasteiger partial charge in [-0.25, -0.2) is 4.98 Å². The van der Waals surface area contributed by atoms with Crippen molar-refractivity contribution in [2.24, 2.45) is 5.41 Å². The fraction of sp³-hybridized carbons (Fsp3) is 0.400. The Kier molecular flexibility index (Phi) is 4.35. The average molecular weight is 259 g/mol. The van der Waals surface area contributed by atoms with Gasteiger partial charge in [-0.15, -0.1) is 0 Å². The SMILES string of the molecule is CC(C)(CO)CNCc1ccc(-n2ccnc2)cc1. The largest absolute Gasteiger partial charge is 0.396 e. The van der Waals surface area contributed by atoms with Gasteiger partial charge in [-0.05, 0) is 17.7 Å². The van der Waals surface area contributed by atoms with Crippen molar-refractivity contribution in [3.63, 3.8) is 0 Å². The first-order valence-corrected chi connectivity index (χ1v) is 6.50. The Bertz CT molecular complexity index is 489. The van der Waals surface area contributed by atoms with E-state index in [1.165, 1.54) is 5.56 Å². The zero-order valence-corrected chi connectivity index (χ0v) is 11.5. The van der Waals surface area contributed by atoms with Crippen LogP contribution in [-0.2, 0) is 6.54 Å². The summed E-state index contributed by atoms with van der Waals surface area (Å²) in [7, 11) is 0. The second-order valence-electron chi connectivity index (χ2n) is 5.56. The molecule has 0 aliphatic carbocycles. The second kappa shape index (κ2) is 5.99. The summed E-state index contributed by atoms with van der Waals surface area (Å²) in [5, 5.41) is 12.6. The molecule has 1 aromatic heterocycles. The first kappa shape index (κ1) is 13.8. The monoisotopic (exact) mass is 259 g/mol. The van der Waals surface area contributed by atoms with Gasteiger partial charge in [-0.2, -0.15) is 0 Å². The average Bonchev–Trinajstić information content (AvgIpc) is 2.93. The lowest BCUT2D eigenvalue weighted by Crippen LogP contribution is -2.31. The maximum absolute atomic E-state index is 9.18. The number of nitrogens with one attached hydrogen (secondary N) is 1. The highest BCUT2D eigenvalue weighted by molar-refractivity contribution is 5.34. The first-order chi connectivity index (χ1) is 9.11. The highest BCUT2D eigenvalue weighted by atomic mass is 16.3. The van der Waals surface area contributed by atoms with E-state index in [9.17, 15) is 5.11 Å². The van der Waals surface area contributed by atoms with Gasteiger partial charge >= 0.3 is 0 Å². The summed E-state index contributed by atoms with van der Waals surface area (Å²) < 4.78 is 1.98. The lowest BCUT2D eigenvalue weighted by atomic mass is 9.95. The van der Waals surface area contributed by atoms with Gasteiger partial charge < -0.3 is 15.0 Å². The van der Waals surface area contributed by atoms with Gasteiger partial charge in [0.1, 0.15) is 0 Å². The minimum Gasteiger partial charge on any atom is -0.396 e. The van der Waals surface area contributed by atoms with Crippen molar-refractivity contribution in [1.82, 2.24) is 14.9 Å². The molecule has 0 aliphatic rings. The quantitative estimate of drug-likeness (QED) is 0.834. The Hall–Kier alpha value is -1.65. The Labute approximate surface area is 114 Å². The second-order valence-corrected chi connectivity index (χ2v) is 5.56. The van der Waals surface area contributed by atoms with Crippen LogP contribution in [-0.4, -0.2) is 27.8 Å². The van der Waals surface area contributed by atoms with E-state index in [4.69, 9.17) is 0 Å². The van der Waals surface area contributed by atoms with E-state index >= 15 is 0 Å². The van der Waals surface area contributed by atoms with Crippen molar-refractivity contribution >= 4 is 0 Å². The molecular weight excluding hydrogens is 238 g/mol. The van der Waals surface area contributed by atoms with Crippen LogP contribution >= 0.6 is 0 Å². The van der Waals surface area contributed by atoms with E-state index in [-0.39, 0.29) is 12.0 Å². The van der Waals surface area contributed by atoms with Gasteiger partial charge in [0.05, 0.1) is 6.33 Å². The molecule has 19 heavy (non-hydrogen) atoms. The number of aliphatic hydroxyl groups excluding tert-OH is 1. The lowest BCUT2D eigenvalue weighted by molar-refractivity contribution is 0.156. The fourth-order valence-corrected chi connectivity index (χ4v) is 1.80. The third-order valence-corrected chi connectivity index (χ3v) is 3.10. The van der Waals surface area contributed by atoms with Gasteiger partial charge in [0, 0.05) is 43.2 Å². The highest BCUT2D eigenvalue weighted by Gasteiger charge is 2.15. The van der Waals surface area contributed by atoms with Crippen molar-refractivity contribution in [2.75, 3.05) is 13.2 Å². The van der Waals surface area contributed by atoms with Gasteiger partial charge in [0.15, 0.2) is 0 Å². The first-order valence-electron chi connectivity index (χ1n) is 6.50. The summed E-state index contributed by atoms with van der Waals surface area (Å²) >= 11 is 0. The predicted octanol–water partition coefficient (Wildman–Crippen LogP) is 1.98. The number of hydrogen-bond donors (Lipinski definition) is 2. The van der Waals surface area contributed by atoms with Crippen LogP contribution in [0.5, 0.6) is 0 Å². The third kappa shape index (κ3) is 3.91. The van der Waals surface area contributed by atoms with Crippen LogP contribution < -0.4 is 5.32 Å². The Morgan fingerprint density at radius 1 is 1.26 bits per heavy atom. The van der Waals surface area contributed by atoms with Crippen LogP contribution in [0.15, 0.2) is 43.0 Å². The van der Waals surface area contributed by atoms with Crippen molar-refractivity contribution in [1.29, 1.82) is 0 Å². The number of aliphatic hydroxyl groups is 1. The summed E-state index contributed by atoms with van der Waals surface area (Å²) in [5.74, 6) is 0. The molecule has 2 rings (SSSR count). The van der Waals surface area contributed by atoms with Gasteiger partial charge in [-0.3, -0.25) is 0 Å². The summed E-state index contributed by atoms with van der Waals surface area (Å²) in [6.07, 6.45) is 5.49. The number of rotatable bonds is 6. The number of aromatic nitrogens is 2. The van der Waals surface area contributed by atoms with Crippen LogP contribution in [0.4, 0.5) is 0 Å². The Balaban J connectivity index is 1.89. The van der Waals surface area contributed by atoms with E-state index in [1.54, 1.807) is 12.5 Å². The summed E-state index contributed by atoms with van der Waals surface area (Å²) in [4.78, 5) is 4.03. The van der Waals surface area contributed by atoms with E-state index in [1.807, 2.05) is 24.6 Å². The van der Waals surface area contributed by atoms with Crippen LogP contribution in [0, 0.1) is 5.41 Å². The van der Waals surface area contributed by atoms with E-state index < -0.39 is 0 Å². The van der Waals surface area contributed by atoms with Gasteiger partial charge in [0.2, 0.25) is 0 Å². The molecule has 2 aromatic rings. The minimum atomic E-state index is -0.0727.